The van der Waals surface area contributed by atoms with Gasteiger partial charge in [0.25, 0.3) is 5.91 Å². The molecule has 0 aliphatic carbocycles. The van der Waals surface area contributed by atoms with Gasteiger partial charge in [-0.25, -0.2) is 13.1 Å². The summed E-state index contributed by atoms with van der Waals surface area (Å²) in [5.74, 6) is -0.171. The van der Waals surface area contributed by atoms with Crippen molar-refractivity contribution in [2.75, 3.05) is 31.5 Å². The molecule has 34 heavy (non-hydrogen) atoms. The van der Waals surface area contributed by atoms with Crippen LogP contribution in [0.3, 0.4) is 0 Å². The summed E-state index contributed by atoms with van der Waals surface area (Å²) in [6, 6.07) is 13.4. The lowest BCUT2D eigenvalue weighted by molar-refractivity contribution is -0.114. The van der Waals surface area contributed by atoms with Gasteiger partial charge in [-0.3, -0.25) is 9.59 Å². The van der Waals surface area contributed by atoms with E-state index in [1.165, 1.54) is 31.9 Å². The standard InChI is InChI=1S/C25H32N4O4S/c1-19(30)27-22-10-12-24(13-11-22)34(32,33)26-17-20-6-8-21(9-7-20)25(31)29-16-4-5-23(29)18-28-14-2-3-15-28/h6-13,23,26H,2-5,14-18H2,1H3,(H,27,30). The minimum Gasteiger partial charge on any atom is -0.334 e. The molecule has 2 fully saturated rings. The van der Waals surface area contributed by atoms with Crippen LogP contribution in [-0.2, 0) is 21.4 Å². The third-order valence-corrected chi connectivity index (χ3v) is 7.87. The van der Waals surface area contributed by atoms with Crippen molar-refractivity contribution in [2.24, 2.45) is 0 Å². The first-order valence-electron chi connectivity index (χ1n) is 11.8. The fourth-order valence-corrected chi connectivity index (χ4v) is 5.69. The van der Waals surface area contributed by atoms with Crippen LogP contribution in [0.15, 0.2) is 53.4 Å². The second kappa shape index (κ2) is 10.7. The summed E-state index contributed by atoms with van der Waals surface area (Å²) in [6.45, 7) is 5.51. The Hall–Kier alpha value is -2.75. The highest BCUT2D eigenvalue weighted by molar-refractivity contribution is 7.89. The van der Waals surface area contributed by atoms with E-state index in [2.05, 4.69) is 14.9 Å². The van der Waals surface area contributed by atoms with Crippen LogP contribution in [0.5, 0.6) is 0 Å². The lowest BCUT2D eigenvalue weighted by Gasteiger charge is -2.28. The maximum atomic E-state index is 13.1. The van der Waals surface area contributed by atoms with Gasteiger partial charge in [0.15, 0.2) is 0 Å². The lowest BCUT2D eigenvalue weighted by Crippen LogP contribution is -2.42. The minimum absolute atomic E-state index is 0.0492. The average Bonchev–Trinajstić information content (AvgIpc) is 3.50. The summed E-state index contributed by atoms with van der Waals surface area (Å²) in [6.07, 6.45) is 4.58. The third kappa shape index (κ3) is 6.02. The summed E-state index contributed by atoms with van der Waals surface area (Å²) in [4.78, 5) is 28.8. The van der Waals surface area contributed by atoms with Gasteiger partial charge in [-0.05, 0) is 80.7 Å². The molecule has 9 heteroatoms. The van der Waals surface area contributed by atoms with Crippen molar-refractivity contribution in [3.63, 3.8) is 0 Å². The molecule has 2 aliphatic rings. The zero-order chi connectivity index (χ0) is 24.1. The number of carbonyl (C=O) groups excluding carboxylic acids is 2. The van der Waals surface area contributed by atoms with Gasteiger partial charge in [0, 0.05) is 43.9 Å². The Bertz CT molecular complexity index is 1110. The molecule has 0 radical (unpaired) electrons. The van der Waals surface area contributed by atoms with Gasteiger partial charge in [-0.1, -0.05) is 12.1 Å². The largest absolute Gasteiger partial charge is 0.334 e. The van der Waals surface area contributed by atoms with Gasteiger partial charge >= 0.3 is 0 Å². The van der Waals surface area contributed by atoms with E-state index in [0.29, 0.717) is 11.3 Å². The van der Waals surface area contributed by atoms with Crippen LogP contribution in [0, 0.1) is 0 Å². The number of nitrogens with one attached hydrogen (secondary N) is 2. The zero-order valence-electron chi connectivity index (χ0n) is 19.5. The van der Waals surface area contributed by atoms with E-state index in [9.17, 15) is 18.0 Å². The van der Waals surface area contributed by atoms with E-state index >= 15 is 0 Å². The first-order chi connectivity index (χ1) is 16.3. The highest BCUT2D eigenvalue weighted by atomic mass is 32.2. The molecule has 2 N–H and O–H groups in total. The van der Waals surface area contributed by atoms with E-state index < -0.39 is 10.0 Å². The first kappa shape index (κ1) is 24.4. The van der Waals surface area contributed by atoms with Gasteiger partial charge < -0.3 is 15.1 Å². The molecular formula is C25H32N4O4S. The van der Waals surface area contributed by atoms with Crippen molar-refractivity contribution in [3.05, 3.63) is 59.7 Å². The van der Waals surface area contributed by atoms with Crippen molar-refractivity contribution in [3.8, 4) is 0 Å². The Morgan fingerprint density at radius 2 is 1.62 bits per heavy atom. The number of nitrogens with zero attached hydrogens (tertiary/aromatic N) is 2. The quantitative estimate of drug-likeness (QED) is 0.600. The molecule has 1 atom stereocenters. The summed E-state index contributed by atoms with van der Waals surface area (Å²) >= 11 is 0. The predicted molar refractivity (Wildman–Crippen MR) is 131 cm³/mol. The SMILES string of the molecule is CC(=O)Nc1ccc(S(=O)(=O)NCc2ccc(C(=O)N3CCCC3CN3CCCC3)cc2)cc1. The molecule has 4 rings (SSSR count). The monoisotopic (exact) mass is 484 g/mol. The number of hydrogen-bond acceptors (Lipinski definition) is 5. The van der Waals surface area contributed by atoms with Gasteiger partial charge in [0.05, 0.1) is 4.90 Å². The molecule has 0 bridgehead atoms. The van der Waals surface area contributed by atoms with Crippen LogP contribution in [-0.4, -0.2) is 62.3 Å². The molecular weight excluding hydrogens is 452 g/mol. The maximum absolute atomic E-state index is 13.1. The molecule has 0 spiro atoms. The Morgan fingerprint density at radius 1 is 0.941 bits per heavy atom. The van der Waals surface area contributed by atoms with Crippen LogP contribution in [0.2, 0.25) is 0 Å². The summed E-state index contributed by atoms with van der Waals surface area (Å²) < 4.78 is 27.8. The highest BCUT2D eigenvalue weighted by Crippen LogP contribution is 2.23. The van der Waals surface area contributed by atoms with Gasteiger partial charge in [0.2, 0.25) is 15.9 Å². The van der Waals surface area contributed by atoms with Gasteiger partial charge in [0.1, 0.15) is 0 Å². The molecule has 2 heterocycles. The second-order valence-electron chi connectivity index (χ2n) is 9.03. The number of anilines is 1. The molecule has 0 aromatic heterocycles. The Morgan fingerprint density at radius 3 is 2.26 bits per heavy atom. The molecule has 1 unspecified atom stereocenters. The lowest BCUT2D eigenvalue weighted by atomic mass is 10.1. The third-order valence-electron chi connectivity index (χ3n) is 6.46. The van der Waals surface area contributed by atoms with Crippen LogP contribution in [0.1, 0.15) is 48.5 Å². The minimum atomic E-state index is -3.70. The molecule has 2 aromatic carbocycles. The van der Waals surface area contributed by atoms with Crippen LogP contribution in [0.25, 0.3) is 0 Å². The van der Waals surface area contributed by atoms with Crippen molar-refractivity contribution < 1.29 is 18.0 Å². The van der Waals surface area contributed by atoms with Crippen molar-refractivity contribution in [2.45, 2.75) is 50.1 Å². The fourth-order valence-electron chi connectivity index (χ4n) is 4.67. The number of likely N-dealkylation sites (tertiary alicyclic amines) is 2. The number of sulfonamides is 1. The van der Waals surface area contributed by atoms with Crippen molar-refractivity contribution >= 4 is 27.5 Å². The number of benzene rings is 2. The molecule has 0 saturated carbocycles. The highest BCUT2D eigenvalue weighted by Gasteiger charge is 2.31. The van der Waals surface area contributed by atoms with E-state index in [4.69, 9.17) is 0 Å². The van der Waals surface area contributed by atoms with E-state index in [1.54, 1.807) is 36.4 Å². The van der Waals surface area contributed by atoms with Crippen LogP contribution < -0.4 is 10.0 Å². The topological polar surface area (TPSA) is 98.8 Å². The number of hydrogen-bond donors (Lipinski definition) is 2. The number of carbonyl (C=O) groups is 2. The average molecular weight is 485 g/mol. The van der Waals surface area contributed by atoms with Gasteiger partial charge in [-0.2, -0.15) is 0 Å². The molecule has 2 amide bonds. The Labute approximate surface area is 201 Å². The summed E-state index contributed by atoms with van der Waals surface area (Å²) in [5.41, 5.74) is 1.94. The van der Waals surface area contributed by atoms with E-state index in [0.717, 1.165) is 44.6 Å². The molecule has 8 nitrogen and oxygen atoms in total. The van der Waals surface area contributed by atoms with Crippen molar-refractivity contribution in [1.29, 1.82) is 0 Å². The van der Waals surface area contributed by atoms with Gasteiger partial charge in [-0.15, -0.1) is 0 Å². The number of amides is 2. The smallest absolute Gasteiger partial charge is 0.254 e. The summed E-state index contributed by atoms with van der Waals surface area (Å²) in [5, 5.41) is 2.61. The normalized spacial score (nSPS) is 18.9. The van der Waals surface area contributed by atoms with E-state index in [1.807, 2.05) is 4.90 Å². The number of rotatable bonds is 8. The summed E-state index contributed by atoms with van der Waals surface area (Å²) in [7, 11) is -3.70. The van der Waals surface area contributed by atoms with E-state index in [-0.39, 0.29) is 29.3 Å². The Kier molecular flexibility index (Phi) is 7.65. The van der Waals surface area contributed by atoms with Crippen LogP contribution >= 0.6 is 0 Å². The molecule has 2 aliphatic heterocycles. The van der Waals surface area contributed by atoms with Crippen molar-refractivity contribution in [1.82, 2.24) is 14.5 Å². The second-order valence-corrected chi connectivity index (χ2v) is 10.8. The zero-order valence-corrected chi connectivity index (χ0v) is 20.3. The first-order valence-corrected chi connectivity index (χ1v) is 13.3. The van der Waals surface area contributed by atoms with Crippen LogP contribution in [0.4, 0.5) is 5.69 Å². The molecule has 2 aromatic rings. The fraction of sp³-hybridized carbons (Fsp3) is 0.440. The predicted octanol–water partition coefficient (Wildman–Crippen LogP) is 2.82. The molecule has 182 valence electrons. The Balaban J connectivity index is 1.34. The maximum Gasteiger partial charge on any atom is 0.254 e. The molecule has 2 saturated heterocycles.